The number of hydrogen-bond donors (Lipinski definition) is 4. The third-order valence-corrected chi connectivity index (χ3v) is 9.16. The molecule has 1 aromatic heterocycles. The number of para-hydroxylation sites is 2. The summed E-state index contributed by atoms with van der Waals surface area (Å²) in [7, 11) is 0. The minimum Gasteiger partial charge on any atom is -0.392 e. The van der Waals surface area contributed by atoms with Crippen molar-refractivity contribution in [2.45, 2.75) is 83.1 Å². The van der Waals surface area contributed by atoms with E-state index < -0.39 is 6.29 Å². The van der Waals surface area contributed by atoms with E-state index >= 15 is 0 Å². The highest BCUT2D eigenvalue weighted by Crippen LogP contribution is 2.39. The Morgan fingerprint density at radius 1 is 0.780 bits per heavy atom. The zero-order valence-electron chi connectivity index (χ0n) is 28.0. The minimum atomic E-state index is -0.568. The first kappa shape index (κ1) is 35.0. The van der Waals surface area contributed by atoms with E-state index in [4.69, 9.17) is 14.7 Å². The molecule has 10 nitrogen and oxygen atoms in total. The quantitative estimate of drug-likeness (QED) is 0.0538. The van der Waals surface area contributed by atoms with Gasteiger partial charge in [0.15, 0.2) is 6.29 Å². The average molecular weight is 677 g/mol. The molecule has 0 aliphatic carbocycles. The second-order valence-corrected chi connectivity index (χ2v) is 12.8. The van der Waals surface area contributed by atoms with E-state index in [9.17, 15) is 14.7 Å². The van der Waals surface area contributed by atoms with Crippen molar-refractivity contribution in [2.75, 3.05) is 0 Å². The molecule has 1 fully saturated rings. The van der Waals surface area contributed by atoms with Gasteiger partial charge in [0.1, 0.15) is 0 Å². The Balaban J connectivity index is 1.08. The summed E-state index contributed by atoms with van der Waals surface area (Å²) in [4.78, 5) is 28.1. The van der Waals surface area contributed by atoms with E-state index in [1.807, 2.05) is 73.1 Å². The molecule has 0 saturated carbocycles. The molecule has 4 aromatic carbocycles. The lowest BCUT2D eigenvalue weighted by molar-refractivity contribution is -0.252. The first-order chi connectivity index (χ1) is 24.5. The van der Waals surface area contributed by atoms with E-state index in [2.05, 4.69) is 45.2 Å². The molecule has 1 saturated heterocycles. The number of unbranched alkanes of at least 4 members (excludes halogenated alkanes) is 3. The molecule has 260 valence electrons. The topological polar surface area (TPSA) is 135 Å². The molecule has 5 aromatic rings. The second kappa shape index (κ2) is 17.2. The summed E-state index contributed by atoms with van der Waals surface area (Å²) in [6, 6.07) is 32.4. The van der Waals surface area contributed by atoms with Gasteiger partial charge < -0.3 is 24.5 Å². The molecule has 2 amide bonds. The van der Waals surface area contributed by atoms with Gasteiger partial charge in [-0.15, -0.1) is 0 Å². The van der Waals surface area contributed by atoms with Crippen molar-refractivity contribution in [1.82, 2.24) is 20.3 Å². The molecule has 1 aliphatic rings. The van der Waals surface area contributed by atoms with Gasteiger partial charge >= 0.3 is 0 Å². The van der Waals surface area contributed by atoms with Crippen LogP contribution < -0.4 is 10.8 Å². The molecule has 50 heavy (non-hydrogen) atoms. The summed E-state index contributed by atoms with van der Waals surface area (Å²) in [5, 5.41) is 21.1. The molecular formula is C40H44N4O6. The normalized spacial score (nSPS) is 17.4. The summed E-state index contributed by atoms with van der Waals surface area (Å²) >= 11 is 0. The lowest BCUT2D eigenvalue weighted by Gasteiger charge is -2.36. The van der Waals surface area contributed by atoms with Gasteiger partial charge in [0.25, 0.3) is 0 Å². The number of aromatic nitrogens is 2. The number of hydrogen-bond acceptors (Lipinski definition) is 7. The molecule has 4 N–H and O–H groups in total. The van der Waals surface area contributed by atoms with E-state index in [1.54, 1.807) is 5.48 Å². The first-order valence-corrected chi connectivity index (χ1v) is 17.3. The van der Waals surface area contributed by atoms with Gasteiger partial charge in [-0.3, -0.25) is 14.8 Å². The lowest BCUT2D eigenvalue weighted by atomic mass is 9.99. The predicted octanol–water partition coefficient (Wildman–Crippen LogP) is 6.90. The zero-order chi connectivity index (χ0) is 34.7. The van der Waals surface area contributed by atoms with Crippen molar-refractivity contribution in [3.05, 3.63) is 126 Å². The number of fused-ring (bicyclic) bond motifs is 1. The van der Waals surface area contributed by atoms with Crippen molar-refractivity contribution in [2.24, 2.45) is 0 Å². The van der Waals surface area contributed by atoms with E-state index in [0.29, 0.717) is 32.4 Å². The zero-order valence-corrected chi connectivity index (χ0v) is 28.0. The molecule has 1 aliphatic heterocycles. The third-order valence-electron chi connectivity index (χ3n) is 9.16. The maximum atomic E-state index is 12.4. The van der Waals surface area contributed by atoms with Crippen LogP contribution in [0.5, 0.6) is 0 Å². The smallest absolute Gasteiger partial charge is 0.243 e. The monoisotopic (exact) mass is 676 g/mol. The van der Waals surface area contributed by atoms with Crippen LogP contribution in [0.3, 0.4) is 0 Å². The number of rotatable bonds is 15. The fourth-order valence-electron chi connectivity index (χ4n) is 6.37. The van der Waals surface area contributed by atoms with Crippen LogP contribution in [0.25, 0.3) is 22.2 Å². The standard InChI is InChI=1S/C40H44N4O6/c45-26-28-14-16-31(17-15-28)37-23-34(25-44-27-42-35-10-5-6-11-36(35)44)49-40(50-37)32-20-18-30(19-21-32)33-9-7-8-29(22-33)24-41-38(46)12-3-1-2-4-13-39(47)43-48/h5-11,14-22,27,34,37,40,45,48H,1-4,12-13,23-26H2,(H,41,46)(H,43,47)/t34-,37+,40+/m1/s1. The van der Waals surface area contributed by atoms with Crippen molar-refractivity contribution in [3.63, 3.8) is 0 Å². The minimum absolute atomic E-state index is 0.00233. The van der Waals surface area contributed by atoms with Crippen molar-refractivity contribution in [1.29, 1.82) is 0 Å². The molecule has 0 radical (unpaired) electrons. The van der Waals surface area contributed by atoms with E-state index in [-0.39, 0.29) is 37.0 Å². The van der Waals surface area contributed by atoms with E-state index in [1.165, 1.54) is 0 Å². The van der Waals surface area contributed by atoms with Crippen LogP contribution in [0.4, 0.5) is 0 Å². The second-order valence-electron chi connectivity index (χ2n) is 12.8. The summed E-state index contributed by atoms with van der Waals surface area (Å²) < 4.78 is 15.3. The number of nitrogens with zero attached hydrogens (tertiary/aromatic N) is 2. The van der Waals surface area contributed by atoms with Crippen LogP contribution in [-0.4, -0.2) is 37.8 Å². The predicted molar refractivity (Wildman–Crippen MR) is 190 cm³/mol. The number of carbonyl (C=O) groups excluding carboxylic acids is 2. The summed E-state index contributed by atoms with van der Waals surface area (Å²) in [5.41, 5.74) is 9.58. The Morgan fingerprint density at radius 3 is 2.28 bits per heavy atom. The number of amides is 2. The van der Waals surface area contributed by atoms with Gasteiger partial charge in [0, 0.05) is 31.4 Å². The molecule has 10 heteroatoms. The fourth-order valence-corrected chi connectivity index (χ4v) is 6.37. The lowest BCUT2D eigenvalue weighted by Crippen LogP contribution is -2.32. The first-order valence-electron chi connectivity index (χ1n) is 17.3. The number of carbonyl (C=O) groups is 2. The molecule has 6 rings (SSSR count). The summed E-state index contributed by atoms with van der Waals surface area (Å²) in [5.74, 6) is -0.378. The number of aliphatic hydroxyl groups is 1. The Kier molecular flexibility index (Phi) is 12.0. The van der Waals surface area contributed by atoms with Crippen LogP contribution in [0, 0.1) is 0 Å². The highest BCUT2D eigenvalue weighted by Gasteiger charge is 2.32. The van der Waals surface area contributed by atoms with Gasteiger partial charge in [0.05, 0.1) is 42.7 Å². The SMILES string of the molecule is O=C(CCCCCCC(=O)NCc1cccc(-c2ccc([C@H]3O[C@@H](Cn4cnc5ccccc54)C[C@@H](c4ccc(CO)cc4)O3)cc2)c1)NO. The molecule has 0 bridgehead atoms. The van der Waals surface area contributed by atoms with Crippen LogP contribution in [0.15, 0.2) is 103 Å². The van der Waals surface area contributed by atoms with Gasteiger partial charge in [-0.05, 0) is 58.9 Å². The Hall–Kier alpha value is -4.87. The highest BCUT2D eigenvalue weighted by atomic mass is 16.7. The molecule has 2 heterocycles. The van der Waals surface area contributed by atoms with Crippen LogP contribution in [0.2, 0.25) is 0 Å². The molecule has 3 atom stereocenters. The molecular weight excluding hydrogens is 632 g/mol. The van der Waals surface area contributed by atoms with E-state index in [0.717, 1.165) is 63.7 Å². The molecule has 0 unspecified atom stereocenters. The van der Waals surface area contributed by atoms with Crippen molar-refractivity contribution in [3.8, 4) is 11.1 Å². The van der Waals surface area contributed by atoms with Crippen LogP contribution in [-0.2, 0) is 38.8 Å². The number of imidazole rings is 1. The van der Waals surface area contributed by atoms with Gasteiger partial charge in [0.2, 0.25) is 11.8 Å². The van der Waals surface area contributed by atoms with Gasteiger partial charge in [-0.25, -0.2) is 10.5 Å². The van der Waals surface area contributed by atoms with Crippen LogP contribution in [0.1, 0.15) is 79.6 Å². The number of ether oxygens (including phenoxy) is 2. The molecule has 0 spiro atoms. The highest BCUT2D eigenvalue weighted by molar-refractivity contribution is 5.76. The number of aliphatic hydroxyl groups excluding tert-OH is 1. The average Bonchev–Trinajstić information content (AvgIpc) is 3.57. The number of hydroxylamine groups is 1. The Morgan fingerprint density at radius 2 is 1.52 bits per heavy atom. The van der Waals surface area contributed by atoms with Gasteiger partial charge in [-0.2, -0.15) is 0 Å². The third kappa shape index (κ3) is 9.22. The Labute approximate surface area is 292 Å². The Bertz CT molecular complexity index is 1860. The fraction of sp³-hybridized carbons (Fsp3) is 0.325. The number of benzene rings is 4. The van der Waals surface area contributed by atoms with Crippen LogP contribution >= 0.6 is 0 Å². The number of nitrogens with one attached hydrogen (secondary N) is 2. The summed E-state index contributed by atoms with van der Waals surface area (Å²) in [6.07, 6.45) is 5.53. The maximum Gasteiger partial charge on any atom is 0.243 e. The maximum absolute atomic E-state index is 12.4. The largest absolute Gasteiger partial charge is 0.392 e. The summed E-state index contributed by atoms with van der Waals surface area (Å²) in [6.45, 7) is 1.08. The van der Waals surface area contributed by atoms with Crippen molar-refractivity contribution < 1.29 is 29.4 Å². The van der Waals surface area contributed by atoms with Crippen molar-refractivity contribution >= 4 is 22.8 Å². The van der Waals surface area contributed by atoms with Gasteiger partial charge in [-0.1, -0.05) is 91.7 Å².